The zero-order chi connectivity index (χ0) is 19.0. The Morgan fingerprint density at radius 2 is 2.04 bits per heavy atom. The molecule has 1 amide bonds. The SMILES string of the molecule is CCCC1=NN2C(=N)/C(=C\c3cccn3-c3ccc(Cl)cc3)C(=O)N=C2S1. The summed E-state index contributed by atoms with van der Waals surface area (Å²) in [6, 6.07) is 11.2. The van der Waals surface area contributed by atoms with Crippen LogP contribution in [0.4, 0.5) is 0 Å². The minimum atomic E-state index is -0.421. The van der Waals surface area contributed by atoms with Gasteiger partial charge in [0.25, 0.3) is 5.91 Å². The molecule has 3 heterocycles. The molecule has 0 aliphatic carbocycles. The fourth-order valence-corrected chi connectivity index (χ4v) is 3.96. The summed E-state index contributed by atoms with van der Waals surface area (Å²) < 4.78 is 1.92. The van der Waals surface area contributed by atoms with Gasteiger partial charge in [0.15, 0.2) is 5.84 Å². The lowest BCUT2D eigenvalue weighted by Crippen LogP contribution is -2.35. The first-order valence-corrected chi connectivity index (χ1v) is 9.68. The van der Waals surface area contributed by atoms with Crippen molar-refractivity contribution in [3.63, 3.8) is 0 Å². The van der Waals surface area contributed by atoms with Gasteiger partial charge in [0, 0.05) is 22.6 Å². The van der Waals surface area contributed by atoms with Gasteiger partial charge in [-0.2, -0.15) is 15.1 Å². The van der Waals surface area contributed by atoms with Crippen molar-refractivity contribution in [2.75, 3.05) is 0 Å². The van der Waals surface area contributed by atoms with Gasteiger partial charge in [-0.1, -0.05) is 18.5 Å². The van der Waals surface area contributed by atoms with Crippen LogP contribution in [0.5, 0.6) is 0 Å². The summed E-state index contributed by atoms with van der Waals surface area (Å²) in [6.45, 7) is 2.06. The molecule has 0 fully saturated rings. The quantitative estimate of drug-likeness (QED) is 0.769. The molecule has 2 aliphatic heterocycles. The summed E-state index contributed by atoms with van der Waals surface area (Å²) in [7, 11) is 0. The second kappa shape index (κ2) is 7.17. The molecule has 136 valence electrons. The van der Waals surface area contributed by atoms with E-state index in [-0.39, 0.29) is 11.4 Å². The van der Waals surface area contributed by atoms with Gasteiger partial charge >= 0.3 is 0 Å². The molecule has 8 heteroatoms. The molecular formula is C19H16ClN5OS. The van der Waals surface area contributed by atoms with E-state index in [0.717, 1.165) is 29.3 Å². The summed E-state index contributed by atoms with van der Waals surface area (Å²) in [5, 5.41) is 16.3. The molecule has 0 saturated heterocycles. The molecule has 27 heavy (non-hydrogen) atoms. The third-order valence-electron chi connectivity index (χ3n) is 4.14. The summed E-state index contributed by atoms with van der Waals surface area (Å²) >= 11 is 7.32. The lowest BCUT2D eigenvalue weighted by Gasteiger charge is -2.20. The van der Waals surface area contributed by atoms with Crippen LogP contribution in [-0.4, -0.2) is 31.5 Å². The van der Waals surface area contributed by atoms with Gasteiger partial charge < -0.3 is 4.57 Å². The number of carbonyl (C=O) groups is 1. The minimum Gasteiger partial charge on any atom is -0.317 e. The predicted molar refractivity (Wildman–Crippen MR) is 111 cm³/mol. The highest BCUT2D eigenvalue weighted by molar-refractivity contribution is 8.26. The van der Waals surface area contributed by atoms with Crippen LogP contribution in [0, 0.1) is 5.41 Å². The molecule has 0 radical (unpaired) electrons. The van der Waals surface area contributed by atoms with E-state index in [9.17, 15) is 4.79 Å². The molecule has 2 aromatic rings. The highest BCUT2D eigenvalue weighted by Crippen LogP contribution is 2.30. The molecule has 1 N–H and O–H groups in total. The lowest BCUT2D eigenvalue weighted by molar-refractivity contribution is -0.114. The van der Waals surface area contributed by atoms with Crippen molar-refractivity contribution >= 4 is 51.4 Å². The molecule has 0 atom stereocenters. The van der Waals surface area contributed by atoms with Crippen LogP contribution in [0.3, 0.4) is 0 Å². The summed E-state index contributed by atoms with van der Waals surface area (Å²) in [5.74, 6) is -0.372. The van der Waals surface area contributed by atoms with Gasteiger partial charge in [0.2, 0.25) is 5.17 Å². The van der Waals surface area contributed by atoms with E-state index in [4.69, 9.17) is 17.0 Å². The van der Waals surface area contributed by atoms with Crippen molar-refractivity contribution in [1.82, 2.24) is 9.58 Å². The van der Waals surface area contributed by atoms with Gasteiger partial charge in [-0.15, -0.1) is 0 Å². The van der Waals surface area contributed by atoms with Crippen molar-refractivity contribution in [3.8, 4) is 5.69 Å². The number of hydrogen-bond acceptors (Lipinski definition) is 4. The Bertz CT molecular complexity index is 1020. The molecule has 0 saturated carbocycles. The highest BCUT2D eigenvalue weighted by Gasteiger charge is 2.35. The molecule has 2 aliphatic rings. The molecule has 1 aromatic carbocycles. The number of rotatable bonds is 4. The van der Waals surface area contributed by atoms with Gasteiger partial charge in [-0.3, -0.25) is 10.2 Å². The van der Waals surface area contributed by atoms with Crippen LogP contribution in [0.2, 0.25) is 5.02 Å². The Hall–Kier alpha value is -2.64. The number of hydrazone groups is 1. The number of amidine groups is 2. The van der Waals surface area contributed by atoms with Gasteiger partial charge in [0.1, 0.15) is 5.04 Å². The van der Waals surface area contributed by atoms with Crippen LogP contribution in [0.1, 0.15) is 25.5 Å². The van der Waals surface area contributed by atoms with Crippen LogP contribution < -0.4 is 0 Å². The molecule has 0 spiro atoms. The normalized spacial score (nSPS) is 18.0. The average Bonchev–Trinajstić information content (AvgIpc) is 3.26. The highest BCUT2D eigenvalue weighted by atomic mass is 35.5. The van der Waals surface area contributed by atoms with Crippen molar-refractivity contribution in [2.24, 2.45) is 10.1 Å². The van der Waals surface area contributed by atoms with Crippen molar-refractivity contribution in [2.45, 2.75) is 19.8 Å². The fraction of sp³-hybridized carbons (Fsp3) is 0.158. The number of carbonyl (C=O) groups excluding carboxylic acids is 1. The van der Waals surface area contributed by atoms with E-state index in [1.54, 1.807) is 6.08 Å². The van der Waals surface area contributed by atoms with Crippen molar-refractivity contribution in [3.05, 3.63) is 58.9 Å². The van der Waals surface area contributed by atoms with Crippen molar-refractivity contribution in [1.29, 1.82) is 5.41 Å². The van der Waals surface area contributed by atoms with Crippen LogP contribution in [0.15, 0.2) is 58.3 Å². The zero-order valence-corrected chi connectivity index (χ0v) is 16.1. The summed E-state index contributed by atoms with van der Waals surface area (Å²) in [4.78, 5) is 16.6. The largest absolute Gasteiger partial charge is 0.317 e. The molecular weight excluding hydrogens is 382 g/mol. The Morgan fingerprint density at radius 3 is 2.78 bits per heavy atom. The number of aliphatic imine (C=N–C) groups is 1. The van der Waals surface area contributed by atoms with Gasteiger partial charge in [0.05, 0.1) is 5.57 Å². The number of halogens is 1. The molecule has 4 rings (SSSR count). The molecule has 0 bridgehead atoms. The third-order valence-corrected chi connectivity index (χ3v) is 5.36. The van der Waals surface area contributed by atoms with E-state index >= 15 is 0 Å². The summed E-state index contributed by atoms with van der Waals surface area (Å²) in [6.07, 6.45) is 5.33. The zero-order valence-electron chi connectivity index (χ0n) is 14.5. The number of amides is 1. The number of fused-ring (bicyclic) bond motifs is 1. The average molecular weight is 398 g/mol. The second-order valence-electron chi connectivity index (χ2n) is 6.04. The Balaban J connectivity index is 1.70. The predicted octanol–water partition coefficient (Wildman–Crippen LogP) is 4.55. The van der Waals surface area contributed by atoms with E-state index in [0.29, 0.717) is 10.2 Å². The monoisotopic (exact) mass is 397 g/mol. The van der Waals surface area contributed by atoms with Crippen LogP contribution in [0.25, 0.3) is 11.8 Å². The van der Waals surface area contributed by atoms with Crippen molar-refractivity contribution < 1.29 is 4.79 Å². The standard InChI is InChI=1S/C19H16ClN5OS/c1-2-4-16-23-25-17(21)15(18(26)22-19(25)27-16)11-14-5-3-10-24(14)13-8-6-12(20)7-9-13/h3,5-11,21H,2,4H2,1H3/b15-11+,21-17?. The number of benzene rings is 1. The van der Waals surface area contributed by atoms with Crippen LogP contribution in [-0.2, 0) is 4.79 Å². The molecule has 6 nitrogen and oxygen atoms in total. The second-order valence-corrected chi connectivity index (χ2v) is 7.52. The molecule has 1 aromatic heterocycles. The Morgan fingerprint density at radius 1 is 1.26 bits per heavy atom. The van der Waals surface area contributed by atoms with Gasteiger partial charge in [-0.25, -0.2) is 0 Å². The first kappa shape index (κ1) is 17.8. The first-order valence-electron chi connectivity index (χ1n) is 8.49. The van der Waals surface area contributed by atoms with E-state index < -0.39 is 5.91 Å². The van der Waals surface area contributed by atoms with E-state index in [1.165, 1.54) is 16.8 Å². The Kier molecular flexibility index (Phi) is 4.72. The number of aromatic nitrogens is 1. The summed E-state index contributed by atoms with van der Waals surface area (Å²) in [5.41, 5.74) is 1.90. The smallest absolute Gasteiger partial charge is 0.283 e. The minimum absolute atomic E-state index is 0.0486. The maximum absolute atomic E-state index is 12.5. The number of nitrogens with one attached hydrogen (secondary N) is 1. The number of hydrogen-bond donors (Lipinski definition) is 1. The maximum atomic E-state index is 12.5. The Labute approximate surface area is 165 Å². The first-order chi connectivity index (χ1) is 13.1. The maximum Gasteiger partial charge on any atom is 0.283 e. The fourth-order valence-electron chi connectivity index (χ4n) is 2.84. The number of nitrogens with zero attached hydrogens (tertiary/aromatic N) is 4. The number of thioether (sulfide) groups is 1. The van der Waals surface area contributed by atoms with E-state index in [1.807, 2.05) is 47.2 Å². The molecule has 0 unspecified atom stereocenters. The van der Waals surface area contributed by atoms with E-state index in [2.05, 4.69) is 17.0 Å². The van der Waals surface area contributed by atoms with Gasteiger partial charge in [-0.05, 0) is 67.1 Å². The lowest BCUT2D eigenvalue weighted by atomic mass is 10.1. The third kappa shape index (κ3) is 3.36. The topological polar surface area (TPSA) is 73.8 Å². The van der Waals surface area contributed by atoms with Crippen LogP contribution >= 0.6 is 23.4 Å².